The number of halogens is 1. The van der Waals surface area contributed by atoms with Crippen molar-refractivity contribution in [1.29, 1.82) is 0 Å². The Labute approximate surface area is 112 Å². The van der Waals surface area contributed by atoms with Gasteiger partial charge < -0.3 is 10.2 Å². The van der Waals surface area contributed by atoms with Crippen LogP contribution in [0.2, 0.25) is 0 Å². The average Bonchev–Trinajstić information content (AvgIpc) is 3.26. The quantitative estimate of drug-likeness (QED) is 0.890. The van der Waals surface area contributed by atoms with Crippen molar-refractivity contribution < 1.29 is 4.39 Å². The van der Waals surface area contributed by atoms with Crippen LogP contribution >= 0.6 is 0 Å². The Morgan fingerprint density at radius 2 is 2.05 bits per heavy atom. The van der Waals surface area contributed by atoms with Crippen molar-refractivity contribution in [2.24, 2.45) is 0 Å². The Hall–Kier alpha value is -1.43. The number of nitrogens with zero attached hydrogens (tertiary/aromatic N) is 4. The molecule has 0 amide bonds. The minimum Gasteiger partial charge on any atom is -0.354 e. The maximum Gasteiger partial charge on any atom is 0.224 e. The van der Waals surface area contributed by atoms with Crippen molar-refractivity contribution in [2.75, 3.05) is 42.9 Å². The third kappa shape index (κ3) is 2.78. The summed E-state index contributed by atoms with van der Waals surface area (Å²) < 4.78 is 13.9. The van der Waals surface area contributed by atoms with Gasteiger partial charge in [-0.1, -0.05) is 0 Å². The molecule has 2 heterocycles. The van der Waals surface area contributed by atoms with Crippen LogP contribution in [-0.4, -0.2) is 53.6 Å². The molecule has 1 saturated heterocycles. The van der Waals surface area contributed by atoms with Crippen LogP contribution in [0, 0.1) is 5.82 Å². The van der Waals surface area contributed by atoms with Gasteiger partial charge in [-0.3, -0.25) is 4.90 Å². The van der Waals surface area contributed by atoms with Crippen molar-refractivity contribution in [1.82, 2.24) is 14.9 Å². The minimum absolute atomic E-state index is 0.332. The molecular weight excluding hydrogens is 245 g/mol. The van der Waals surface area contributed by atoms with E-state index >= 15 is 0 Å². The third-order valence-corrected chi connectivity index (χ3v) is 3.74. The first-order valence-corrected chi connectivity index (χ1v) is 7.03. The fourth-order valence-corrected chi connectivity index (χ4v) is 2.56. The Morgan fingerprint density at radius 1 is 1.32 bits per heavy atom. The van der Waals surface area contributed by atoms with E-state index < -0.39 is 0 Å². The molecule has 6 heteroatoms. The monoisotopic (exact) mass is 265 g/mol. The zero-order chi connectivity index (χ0) is 13.2. The number of anilines is 2. The number of hydrogen-bond donors (Lipinski definition) is 1. The fourth-order valence-electron chi connectivity index (χ4n) is 2.56. The highest BCUT2D eigenvalue weighted by atomic mass is 19.1. The van der Waals surface area contributed by atoms with E-state index in [1.807, 2.05) is 11.8 Å². The molecule has 1 aliphatic carbocycles. The van der Waals surface area contributed by atoms with Gasteiger partial charge in [0.1, 0.15) is 0 Å². The van der Waals surface area contributed by atoms with Crippen LogP contribution < -0.4 is 10.2 Å². The standard InChI is InChI=1S/C13H20FN5/c1-2-15-13-16-9-11(14)12(17-13)19-7-5-18(6-8-19)10-3-4-10/h9-10H,2-8H2,1H3,(H,15,16,17). The number of nitrogens with one attached hydrogen (secondary N) is 1. The van der Waals surface area contributed by atoms with Gasteiger partial charge in [-0.25, -0.2) is 9.37 Å². The molecule has 0 aromatic carbocycles. The van der Waals surface area contributed by atoms with Crippen molar-refractivity contribution in [3.05, 3.63) is 12.0 Å². The van der Waals surface area contributed by atoms with Crippen LogP contribution in [0.3, 0.4) is 0 Å². The molecule has 3 rings (SSSR count). The summed E-state index contributed by atoms with van der Waals surface area (Å²) in [6.07, 6.45) is 3.91. The molecule has 0 radical (unpaired) electrons. The van der Waals surface area contributed by atoms with Crippen LogP contribution in [0.5, 0.6) is 0 Å². The first kappa shape index (κ1) is 12.6. The van der Waals surface area contributed by atoms with Crippen LogP contribution in [0.15, 0.2) is 6.20 Å². The molecule has 1 aromatic heterocycles. The highest BCUT2D eigenvalue weighted by molar-refractivity contribution is 5.44. The fraction of sp³-hybridized carbons (Fsp3) is 0.692. The van der Waals surface area contributed by atoms with Gasteiger partial charge in [0.15, 0.2) is 11.6 Å². The predicted octanol–water partition coefficient (Wildman–Crippen LogP) is 1.33. The predicted molar refractivity (Wildman–Crippen MR) is 73.0 cm³/mol. The highest BCUT2D eigenvalue weighted by Crippen LogP contribution is 2.28. The SMILES string of the molecule is CCNc1ncc(F)c(N2CCN(C3CC3)CC2)n1. The maximum atomic E-state index is 13.9. The minimum atomic E-state index is -0.332. The van der Waals surface area contributed by atoms with E-state index in [1.165, 1.54) is 19.0 Å². The van der Waals surface area contributed by atoms with E-state index in [4.69, 9.17) is 0 Å². The molecule has 0 spiro atoms. The van der Waals surface area contributed by atoms with Gasteiger partial charge in [-0.2, -0.15) is 4.98 Å². The first-order valence-electron chi connectivity index (χ1n) is 7.03. The Bertz CT molecular complexity index is 441. The summed E-state index contributed by atoms with van der Waals surface area (Å²) in [5.41, 5.74) is 0. The summed E-state index contributed by atoms with van der Waals surface area (Å²) >= 11 is 0. The molecule has 1 aromatic rings. The number of hydrogen-bond acceptors (Lipinski definition) is 5. The van der Waals surface area contributed by atoms with Gasteiger partial charge in [0.05, 0.1) is 6.20 Å². The lowest BCUT2D eigenvalue weighted by molar-refractivity contribution is 0.247. The molecule has 1 aliphatic heterocycles. The van der Waals surface area contributed by atoms with E-state index in [2.05, 4.69) is 20.2 Å². The summed E-state index contributed by atoms with van der Waals surface area (Å²) in [5, 5.41) is 3.03. The molecular formula is C13H20FN5. The lowest BCUT2D eigenvalue weighted by Crippen LogP contribution is -2.47. The average molecular weight is 265 g/mol. The van der Waals surface area contributed by atoms with Crippen LogP contribution in [0.4, 0.5) is 16.2 Å². The van der Waals surface area contributed by atoms with Crippen molar-refractivity contribution >= 4 is 11.8 Å². The first-order chi connectivity index (χ1) is 9.28. The lowest BCUT2D eigenvalue weighted by atomic mass is 10.3. The maximum absolute atomic E-state index is 13.9. The molecule has 19 heavy (non-hydrogen) atoms. The zero-order valence-corrected chi connectivity index (χ0v) is 11.3. The third-order valence-electron chi connectivity index (χ3n) is 3.74. The molecule has 2 aliphatic rings. The van der Waals surface area contributed by atoms with Crippen molar-refractivity contribution in [3.8, 4) is 0 Å². The summed E-state index contributed by atoms with van der Waals surface area (Å²) in [6.45, 7) is 6.41. The second kappa shape index (κ2) is 5.28. The Kier molecular flexibility index (Phi) is 3.50. The molecule has 1 N–H and O–H groups in total. The van der Waals surface area contributed by atoms with E-state index in [-0.39, 0.29) is 5.82 Å². The van der Waals surface area contributed by atoms with Crippen molar-refractivity contribution in [2.45, 2.75) is 25.8 Å². The van der Waals surface area contributed by atoms with Gasteiger partial charge in [0.25, 0.3) is 0 Å². The van der Waals surface area contributed by atoms with Crippen molar-refractivity contribution in [3.63, 3.8) is 0 Å². The van der Waals surface area contributed by atoms with E-state index in [1.54, 1.807) is 0 Å². The Balaban J connectivity index is 1.69. The van der Waals surface area contributed by atoms with Gasteiger partial charge in [-0.05, 0) is 19.8 Å². The van der Waals surface area contributed by atoms with Gasteiger partial charge in [-0.15, -0.1) is 0 Å². The van der Waals surface area contributed by atoms with Crippen LogP contribution in [0.25, 0.3) is 0 Å². The van der Waals surface area contributed by atoms with E-state index in [0.717, 1.165) is 38.8 Å². The number of piperazine rings is 1. The molecule has 0 unspecified atom stereocenters. The Morgan fingerprint density at radius 3 is 2.68 bits per heavy atom. The lowest BCUT2D eigenvalue weighted by Gasteiger charge is -2.35. The molecule has 1 saturated carbocycles. The topological polar surface area (TPSA) is 44.3 Å². The second-order valence-electron chi connectivity index (χ2n) is 5.15. The van der Waals surface area contributed by atoms with Gasteiger partial charge >= 0.3 is 0 Å². The molecule has 0 bridgehead atoms. The van der Waals surface area contributed by atoms with Crippen LogP contribution in [0.1, 0.15) is 19.8 Å². The molecule has 0 atom stereocenters. The van der Waals surface area contributed by atoms with E-state index in [9.17, 15) is 4.39 Å². The summed E-state index contributed by atoms with van der Waals surface area (Å²) in [7, 11) is 0. The highest BCUT2D eigenvalue weighted by Gasteiger charge is 2.32. The second-order valence-corrected chi connectivity index (χ2v) is 5.15. The molecule has 104 valence electrons. The zero-order valence-electron chi connectivity index (χ0n) is 11.3. The normalized spacial score (nSPS) is 20.6. The smallest absolute Gasteiger partial charge is 0.224 e. The summed E-state index contributed by atoms with van der Waals surface area (Å²) in [6, 6.07) is 0.787. The summed E-state index contributed by atoms with van der Waals surface area (Å²) in [4.78, 5) is 12.7. The van der Waals surface area contributed by atoms with Crippen LogP contribution in [-0.2, 0) is 0 Å². The molecule has 5 nitrogen and oxygen atoms in total. The van der Waals surface area contributed by atoms with Gasteiger partial charge in [0.2, 0.25) is 5.95 Å². The number of aromatic nitrogens is 2. The summed E-state index contributed by atoms with van der Waals surface area (Å²) in [5.74, 6) is 0.603. The van der Waals surface area contributed by atoms with E-state index in [0.29, 0.717) is 11.8 Å². The molecule has 2 fully saturated rings. The number of rotatable bonds is 4. The largest absolute Gasteiger partial charge is 0.354 e. The van der Waals surface area contributed by atoms with Gasteiger partial charge in [0, 0.05) is 38.8 Å².